The summed E-state index contributed by atoms with van der Waals surface area (Å²) < 4.78 is 0. The van der Waals surface area contributed by atoms with Crippen LogP contribution in [0.1, 0.15) is 32.3 Å². The fourth-order valence-electron chi connectivity index (χ4n) is 2.21. The normalized spacial score (nSPS) is 12.3. The zero-order valence-corrected chi connectivity index (χ0v) is 12.1. The molecule has 1 aromatic carbocycles. The monoisotopic (exact) mass is 273 g/mol. The van der Waals surface area contributed by atoms with Gasteiger partial charge in [0.2, 0.25) is 0 Å². The molecule has 0 bridgehead atoms. The molecule has 0 fully saturated rings. The minimum absolute atomic E-state index is 0.387. The number of benzene rings is 1. The maximum absolute atomic E-state index is 5.81. The Kier molecular flexibility index (Phi) is 4.32. The molecule has 2 aromatic rings. The zero-order chi connectivity index (χ0) is 13.8. The van der Waals surface area contributed by atoms with Crippen molar-refractivity contribution in [2.24, 2.45) is 5.73 Å². The number of nitrogens with two attached hydrogens (primary N) is 1. The molecule has 0 amide bonds. The Balaban J connectivity index is 2.43. The quantitative estimate of drug-likeness (QED) is 0.819. The van der Waals surface area contributed by atoms with Crippen LogP contribution in [-0.2, 0) is 0 Å². The van der Waals surface area contributed by atoms with Gasteiger partial charge in [0.25, 0.3) is 0 Å². The molecule has 1 heterocycles. The summed E-state index contributed by atoms with van der Waals surface area (Å²) in [5.74, 6) is 0.836. The number of fused-ring (bicyclic) bond motifs is 1. The van der Waals surface area contributed by atoms with Crippen molar-refractivity contribution in [1.82, 2.24) is 4.98 Å². The van der Waals surface area contributed by atoms with Gasteiger partial charge in [0.15, 0.2) is 0 Å². The summed E-state index contributed by atoms with van der Waals surface area (Å²) in [7, 11) is 0. The van der Waals surface area contributed by atoms with E-state index in [0.29, 0.717) is 11.0 Å². The van der Waals surface area contributed by atoms with Crippen molar-refractivity contribution in [2.75, 3.05) is 5.32 Å². The van der Waals surface area contributed by atoms with Crippen LogP contribution in [0.5, 0.6) is 0 Å². The van der Waals surface area contributed by atoms with Gasteiger partial charge in [0, 0.05) is 17.0 Å². The van der Waals surface area contributed by atoms with E-state index in [1.54, 1.807) is 0 Å². The second kappa shape index (κ2) is 5.97. The highest BCUT2D eigenvalue weighted by molar-refractivity contribution is 7.80. The molecular formula is C15H19N3S. The number of rotatable bonds is 5. The molecule has 0 aliphatic carbocycles. The first-order valence-corrected chi connectivity index (χ1v) is 6.98. The zero-order valence-electron chi connectivity index (χ0n) is 11.3. The van der Waals surface area contributed by atoms with E-state index in [9.17, 15) is 0 Å². The average Bonchev–Trinajstić information content (AvgIpc) is 2.37. The van der Waals surface area contributed by atoms with Crippen LogP contribution in [0.15, 0.2) is 30.3 Å². The Morgan fingerprint density at radius 2 is 2.16 bits per heavy atom. The van der Waals surface area contributed by atoms with Gasteiger partial charge in [-0.1, -0.05) is 43.8 Å². The topological polar surface area (TPSA) is 50.9 Å². The first-order chi connectivity index (χ1) is 9.11. The van der Waals surface area contributed by atoms with Crippen molar-refractivity contribution in [3.05, 3.63) is 35.9 Å². The van der Waals surface area contributed by atoms with E-state index < -0.39 is 0 Å². The fourth-order valence-corrected chi connectivity index (χ4v) is 2.38. The van der Waals surface area contributed by atoms with Crippen LogP contribution in [0.3, 0.4) is 0 Å². The summed E-state index contributed by atoms with van der Waals surface area (Å²) in [6.07, 6.45) is 2.25. The van der Waals surface area contributed by atoms with Crippen molar-refractivity contribution in [3.63, 3.8) is 0 Å². The highest BCUT2D eigenvalue weighted by Crippen LogP contribution is 2.21. The molecule has 100 valence electrons. The molecule has 0 aliphatic rings. The molecule has 19 heavy (non-hydrogen) atoms. The van der Waals surface area contributed by atoms with E-state index in [1.807, 2.05) is 30.3 Å². The molecule has 0 aliphatic heterocycles. The van der Waals surface area contributed by atoms with E-state index in [4.69, 9.17) is 18.0 Å². The Morgan fingerprint density at radius 1 is 1.42 bits per heavy atom. The summed E-state index contributed by atoms with van der Waals surface area (Å²) in [5, 5.41) is 4.41. The number of anilines is 1. The molecule has 1 atom stereocenters. The number of hydrogen-bond acceptors (Lipinski definition) is 3. The molecule has 4 heteroatoms. The van der Waals surface area contributed by atoms with Crippen LogP contribution in [0, 0.1) is 0 Å². The lowest BCUT2D eigenvalue weighted by Gasteiger charge is -2.15. The summed E-state index contributed by atoms with van der Waals surface area (Å²) >= 11 is 5.14. The SMILES string of the molecule is CCCC(C)Nc1cc(C(N)=S)c2ccccc2n1. The molecule has 3 nitrogen and oxygen atoms in total. The van der Waals surface area contributed by atoms with Gasteiger partial charge in [0.1, 0.15) is 10.8 Å². The number of para-hydroxylation sites is 1. The van der Waals surface area contributed by atoms with Crippen LogP contribution >= 0.6 is 12.2 Å². The summed E-state index contributed by atoms with van der Waals surface area (Å²) in [6, 6.07) is 10.2. The van der Waals surface area contributed by atoms with Gasteiger partial charge in [-0.05, 0) is 25.5 Å². The van der Waals surface area contributed by atoms with E-state index in [0.717, 1.165) is 35.1 Å². The molecule has 0 saturated heterocycles. The predicted molar refractivity (Wildman–Crippen MR) is 85.6 cm³/mol. The maximum atomic E-state index is 5.81. The average molecular weight is 273 g/mol. The van der Waals surface area contributed by atoms with Crippen molar-refractivity contribution in [2.45, 2.75) is 32.7 Å². The van der Waals surface area contributed by atoms with E-state index >= 15 is 0 Å². The van der Waals surface area contributed by atoms with Gasteiger partial charge < -0.3 is 11.1 Å². The molecular weight excluding hydrogens is 254 g/mol. The van der Waals surface area contributed by atoms with Gasteiger partial charge in [-0.2, -0.15) is 0 Å². The van der Waals surface area contributed by atoms with Gasteiger partial charge in [-0.25, -0.2) is 4.98 Å². The second-order valence-corrected chi connectivity index (χ2v) is 5.21. The van der Waals surface area contributed by atoms with Gasteiger partial charge >= 0.3 is 0 Å². The lowest BCUT2D eigenvalue weighted by molar-refractivity contribution is 0.688. The second-order valence-electron chi connectivity index (χ2n) is 4.77. The highest BCUT2D eigenvalue weighted by atomic mass is 32.1. The number of nitrogens with zero attached hydrogens (tertiary/aromatic N) is 1. The standard InChI is InChI=1S/C15H19N3S/c1-3-6-10(2)17-14-9-12(15(16)19)11-7-4-5-8-13(11)18-14/h4-5,7-10H,3,6H2,1-2H3,(H2,16,19)(H,17,18). The Hall–Kier alpha value is -1.68. The Bertz CT molecular complexity index is 595. The number of aromatic nitrogens is 1. The molecule has 0 spiro atoms. The molecule has 2 rings (SSSR count). The first kappa shape index (κ1) is 13.7. The molecule has 3 N–H and O–H groups in total. The van der Waals surface area contributed by atoms with Gasteiger partial charge in [0.05, 0.1) is 5.52 Å². The van der Waals surface area contributed by atoms with Crippen LogP contribution in [-0.4, -0.2) is 16.0 Å². The highest BCUT2D eigenvalue weighted by Gasteiger charge is 2.09. The number of thiocarbonyl (C=S) groups is 1. The van der Waals surface area contributed by atoms with Gasteiger partial charge in [-0.15, -0.1) is 0 Å². The number of nitrogens with one attached hydrogen (secondary N) is 1. The molecule has 1 unspecified atom stereocenters. The van der Waals surface area contributed by atoms with Crippen LogP contribution in [0.25, 0.3) is 10.9 Å². The first-order valence-electron chi connectivity index (χ1n) is 6.58. The predicted octanol–water partition coefficient (Wildman–Crippen LogP) is 3.47. The minimum atomic E-state index is 0.387. The molecule has 1 aromatic heterocycles. The van der Waals surface area contributed by atoms with Gasteiger partial charge in [-0.3, -0.25) is 0 Å². The Labute approximate surface area is 119 Å². The third kappa shape index (κ3) is 3.20. The molecule has 0 radical (unpaired) electrons. The third-order valence-corrected chi connectivity index (χ3v) is 3.32. The van der Waals surface area contributed by atoms with Crippen molar-refractivity contribution in [3.8, 4) is 0 Å². The van der Waals surface area contributed by atoms with Crippen molar-refractivity contribution in [1.29, 1.82) is 0 Å². The molecule has 0 saturated carbocycles. The largest absolute Gasteiger partial charge is 0.389 e. The van der Waals surface area contributed by atoms with E-state index in [1.165, 1.54) is 0 Å². The smallest absolute Gasteiger partial charge is 0.127 e. The van der Waals surface area contributed by atoms with Crippen LogP contribution in [0.2, 0.25) is 0 Å². The number of pyridine rings is 1. The van der Waals surface area contributed by atoms with E-state index in [2.05, 4.69) is 24.1 Å². The summed E-state index contributed by atoms with van der Waals surface area (Å²) in [6.45, 7) is 4.33. The number of hydrogen-bond donors (Lipinski definition) is 2. The van der Waals surface area contributed by atoms with Crippen molar-refractivity contribution >= 4 is 33.9 Å². The Morgan fingerprint density at radius 3 is 2.84 bits per heavy atom. The van der Waals surface area contributed by atoms with Crippen molar-refractivity contribution < 1.29 is 0 Å². The summed E-state index contributed by atoms with van der Waals surface area (Å²) in [5.41, 5.74) is 7.61. The summed E-state index contributed by atoms with van der Waals surface area (Å²) in [4.78, 5) is 5.02. The lowest BCUT2D eigenvalue weighted by atomic mass is 10.1. The van der Waals surface area contributed by atoms with E-state index in [-0.39, 0.29) is 0 Å². The van der Waals surface area contributed by atoms with Crippen LogP contribution in [0.4, 0.5) is 5.82 Å². The maximum Gasteiger partial charge on any atom is 0.127 e. The third-order valence-electron chi connectivity index (χ3n) is 3.10. The minimum Gasteiger partial charge on any atom is -0.389 e. The lowest BCUT2D eigenvalue weighted by Crippen LogP contribution is -2.17. The van der Waals surface area contributed by atoms with Crippen LogP contribution < -0.4 is 11.1 Å². The fraction of sp³-hybridized carbons (Fsp3) is 0.333.